The van der Waals surface area contributed by atoms with Gasteiger partial charge in [0, 0.05) is 0 Å². The molecule has 0 N–H and O–H groups in total. The zero-order valence-corrected chi connectivity index (χ0v) is 7.25. The second-order valence-electron chi connectivity index (χ2n) is 2.66. The molecule has 0 saturated carbocycles. The van der Waals surface area contributed by atoms with Crippen molar-refractivity contribution in [3.63, 3.8) is 0 Å². The number of hydrogen-bond donors (Lipinski definition) is 1. The number of thiol groups is 1. The third kappa shape index (κ3) is 1.19. The summed E-state index contributed by atoms with van der Waals surface area (Å²) < 4.78 is 0. The molecule has 8 heavy (non-hydrogen) atoms. The highest BCUT2D eigenvalue weighted by molar-refractivity contribution is 8.45. The van der Waals surface area contributed by atoms with E-state index in [0.717, 1.165) is 11.3 Å². The van der Waals surface area contributed by atoms with E-state index in [4.69, 9.17) is 0 Å². The van der Waals surface area contributed by atoms with Crippen molar-refractivity contribution in [2.45, 2.75) is 38.0 Å². The minimum Gasteiger partial charge on any atom is -0.151 e. The Morgan fingerprint density at radius 1 is 1.25 bits per heavy atom. The van der Waals surface area contributed by atoms with Gasteiger partial charge in [0.2, 0.25) is 0 Å². The first-order valence-corrected chi connectivity index (χ1v) is 5.82. The van der Waals surface area contributed by atoms with Crippen LogP contribution in [-0.2, 0) is 0 Å². The second-order valence-corrected chi connectivity index (χ2v) is 6.56. The quantitative estimate of drug-likeness (QED) is 0.396. The van der Waals surface area contributed by atoms with Crippen molar-refractivity contribution in [1.29, 1.82) is 0 Å². The first-order chi connectivity index (χ1) is 3.72. The van der Waals surface area contributed by atoms with Crippen LogP contribution in [0.4, 0.5) is 0 Å². The molecule has 0 aromatic carbocycles. The van der Waals surface area contributed by atoms with E-state index < -0.39 is 0 Å². The highest BCUT2D eigenvalue weighted by atomic mass is 32.7. The molecule has 0 nitrogen and oxygen atoms in total. The summed E-state index contributed by atoms with van der Waals surface area (Å²) in [6.45, 7) is 4.64. The minimum absolute atomic E-state index is 0.107. The smallest absolute Gasteiger partial charge is 0.0145 e. The molecule has 1 saturated heterocycles. The van der Waals surface area contributed by atoms with Gasteiger partial charge in [-0.15, -0.1) is 0 Å². The van der Waals surface area contributed by atoms with Crippen molar-refractivity contribution in [2.24, 2.45) is 0 Å². The van der Waals surface area contributed by atoms with Gasteiger partial charge in [0.05, 0.1) is 0 Å². The van der Waals surface area contributed by atoms with Crippen molar-refractivity contribution < 1.29 is 0 Å². The van der Waals surface area contributed by atoms with Gasteiger partial charge in [-0.3, -0.25) is 0 Å². The van der Waals surface area contributed by atoms with Crippen LogP contribution in [0.5, 0.6) is 0 Å². The van der Waals surface area contributed by atoms with Gasteiger partial charge in [-0.1, -0.05) is 13.8 Å². The lowest BCUT2D eigenvalue weighted by Crippen LogP contribution is -1.88. The van der Waals surface area contributed by atoms with E-state index in [1.807, 2.05) is 0 Å². The lowest BCUT2D eigenvalue weighted by molar-refractivity contribution is 0.777. The largest absolute Gasteiger partial charge is 0.151 e. The van der Waals surface area contributed by atoms with Crippen LogP contribution in [-0.4, -0.2) is 11.3 Å². The Morgan fingerprint density at radius 3 is 1.75 bits per heavy atom. The monoisotopic (exact) mass is 148 g/mol. The molecular formula is C6H13PS. The molecule has 0 radical (unpaired) electrons. The maximum absolute atomic E-state index is 4.55. The zero-order chi connectivity index (χ0) is 6.15. The Balaban J connectivity index is 2.44. The van der Waals surface area contributed by atoms with Crippen LogP contribution in [0.2, 0.25) is 0 Å². The molecule has 1 heterocycles. The van der Waals surface area contributed by atoms with Crippen molar-refractivity contribution in [2.75, 3.05) is 0 Å². The van der Waals surface area contributed by atoms with Crippen molar-refractivity contribution in [3.05, 3.63) is 0 Å². The molecule has 1 aliphatic heterocycles. The summed E-state index contributed by atoms with van der Waals surface area (Å²) in [6.07, 6.45) is 2.83. The molecule has 48 valence electrons. The van der Waals surface area contributed by atoms with Crippen LogP contribution < -0.4 is 0 Å². The van der Waals surface area contributed by atoms with E-state index in [2.05, 4.69) is 26.1 Å². The standard InChI is InChI=1S/C6H13PS/c1-5-3-4-6(2)7(5)8/h5-6,8H,3-4H2,1-2H3/t5-,6-/m1/s1. The normalized spacial score (nSPS) is 40.9. The van der Waals surface area contributed by atoms with Crippen LogP contribution in [0.25, 0.3) is 0 Å². The predicted octanol–water partition coefficient (Wildman–Crippen LogP) is 2.88. The van der Waals surface area contributed by atoms with Gasteiger partial charge in [-0.05, 0) is 31.3 Å². The first-order valence-electron chi connectivity index (χ1n) is 3.19. The molecule has 1 aliphatic rings. The van der Waals surface area contributed by atoms with E-state index in [-0.39, 0.29) is 7.12 Å². The second kappa shape index (κ2) is 2.58. The fourth-order valence-corrected chi connectivity index (χ4v) is 3.57. The van der Waals surface area contributed by atoms with Crippen molar-refractivity contribution in [1.82, 2.24) is 0 Å². The summed E-state index contributed by atoms with van der Waals surface area (Å²) in [5, 5.41) is 0. The number of hydrogen-bond acceptors (Lipinski definition) is 1. The lowest BCUT2D eigenvalue weighted by Gasteiger charge is -2.11. The van der Waals surface area contributed by atoms with E-state index in [9.17, 15) is 0 Å². The van der Waals surface area contributed by atoms with E-state index in [1.54, 1.807) is 0 Å². The van der Waals surface area contributed by atoms with Gasteiger partial charge in [0.25, 0.3) is 0 Å². The van der Waals surface area contributed by atoms with E-state index >= 15 is 0 Å². The SMILES string of the molecule is C[C@@H]1CC[C@@H](C)P1S. The maximum Gasteiger partial charge on any atom is -0.0145 e. The van der Waals surface area contributed by atoms with Gasteiger partial charge >= 0.3 is 0 Å². The molecule has 0 aromatic heterocycles. The van der Waals surface area contributed by atoms with Crippen LogP contribution in [0.3, 0.4) is 0 Å². The summed E-state index contributed by atoms with van der Waals surface area (Å²) in [4.78, 5) is 0. The summed E-state index contributed by atoms with van der Waals surface area (Å²) in [6, 6.07) is 0. The fraction of sp³-hybridized carbons (Fsp3) is 1.00. The minimum atomic E-state index is 0.107. The highest BCUT2D eigenvalue weighted by Crippen LogP contribution is 2.58. The molecule has 2 heteroatoms. The molecule has 2 atom stereocenters. The molecule has 0 aromatic rings. The van der Waals surface area contributed by atoms with Crippen molar-refractivity contribution in [3.8, 4) is 0 Å². The Morgan fingerprint density at radius 2 is 1.62 bits per heavy atom. The molecule has 1 fully saturated rings. The van der Waals surface area contributed by atoms with Gasteiger partial charge in [-0.2, -0.15) is 12.2 Å². The summed E-state index contributed by atoms with van der Waals surface area (Å²) in [5.41, 5.74) is 1.84. The fourth-order valence-electron chi connectivity index (χ4n) is 1.18. The zero-order valence-electron chi connectivity index (χ0n) is 5.46. The van der Waals surface area contributed by atoms with Gasteiger partial charge in [0.1, 0.15) is 0 Å². The summed E-state index contributed by atoms with van der Waals surface area (Å²) in [7, 11) is 0.107. The molecule has 0 aliphatic carbocycles. The molecule has 0 amide bonds. The Hall–Kier alpha value is 0.780. The molecule has 0 spiro atoms. The summed E-state index contributed by atoms with van der Waals surface area (Å²) in [5.74, 6) is 0. The molecule has 1 rings (SSSR count). The average Bonchev–Trinajstić information content (AvgIpc) is 1.98. The maximum atomic E-state index is 4.55. The topological polar surface area (TPSA) is 0 Å². The van der Waals surface area contributed by atoms with Gasteiger partial charge < -0.3 is 0 Å². The van der Waals surface area contributed by atoms with Gasteiger partial charge in [-0.25, -0.2) is 0 Å². The van der Waals surface area contributed by atoms with Crippen LogP contribution in [0, 0.1) is 0 Å². The third-order valence-electron chi connectivity index (χ3n) is 1.91. The van der Waals surface area contributed by atoms with E-state index in [0.29, 0.717) is 0 Å². The van der Waals surface area contributed by atoms with Crippen LogP contribution >= 0.6 is 19.4 Å². The van der Waals surface area contributed by atoms with Gasteiger partial charge in [0.15, 0.2) is 0 Å². The van der Waals surface area contributed by atoms with Crippen LogP contribution in [0.15, 0.2) is 0 Å². The highest BCUT2D eigenvalue weighted by Gasteiger charge is 2.26. The first kappa shape index (κ1) is 6.89. The van der Waals surface area contributed by atoms with Crippen molar-refractivity contribution >= 4 is 19.4 Å². The van der Waals surface area contributed by atoms with E-state index in [1.165, 1.54) is 12.8 Å². The Bertz CT molecular complexity index is 74.6. The Labute approximate surface area is 58.0 Å². The van der Waals surface area contributed by atoms with Crippen LogP contribution in [0.1, 0.15) is 26.7 Å². The third-order valence-corrected chi connectivity index (χ3v) is 6.59. The number of rotatable bonds is 0. The Kier molecular flexibility index (Phi) is 2.22. The molecule has 0 unspecified atom stereocenters. The predicted molar refractivity (Wildman–Crippen MR) is 44.1 cm³/mol. The summed E-state index contributed by atoms with van der Waals surface area (Å²) >= 11 is 4.55. The average molecular weight is 148 g/mol. The molecule has 0 bridgehead atoms. The molecular weight excluding hydrogens is 135 g/mol. The lowest BCUT2D eigenvalue weighted by atomic mass is 10.2.